The topological polar surface area (TPSA) is 52.0 Å². The molecule has 0 atom stereocenters. The second-order valence-corrected chi connectivity index (χ2v) is 19.6. The molecule has 0 radical (unpaired) electrons. The molecule has 0 heterocycles. The zero-order valence-electron chi connectivity index (χ0n) is 41.0. The molecule has 0 aliphatic heterocycles. The van der Waals surface area contributed by atoms with Gasteiger partial charge in [-0.05, 0) is 133 Å². The minimum atomic E-state index is 0.847. The minimum Gasteiger partial charge on any atom is -0.399 e. The average Bonchev–Trinajstić information content (AvgIpc) is 3.29. The van der Waals surface area contributed by atoms with E-state index in [4.69, 9.17) is 11.5 Å². The van der Waals surface area contributed by atoms with Crippen molar-refractivity contribution in [3.63, 3.8) is 0 Å². The number of nitrogens with two attached hydrogens (primary N) is 2. The smallest absolute Gasteiger partial charge is 0.0314 e. The Morgan fingerprint density at radius 3 is 0.778 bits per heavy atom. The van der Waals surface area contributed by atoms with Gasteiger partial charge in [-0.1, -0.05) is 235 Å². The third kappa shape index (κ3) is 23.8. The van der Waals surface area contributed by atoms with Crippen molar-refractivity contribution in [2.24, 2.45) is 0 Å². The van der Waals surface area contributed by atoms with Gasteiger partial charge in [-0.15, -0.1) is 0 Å². The van der Waals surface area contributed by atoms with Crippen LogP contribution in [0.2, 0.25) is 0 Å². The standard InChI is InChI=1S/C61H94N2/c1-3-5-7-9-24-30-34-58-50-54(48-52-38-44-60(62)45-39-52)36-42-56(58)32-28-26-22-20-18-16-14-12-11-13-15-17-19-21-23-27-29-33-57-43-37-55(49-53-40-46-61(63)47-41-53)51-59(57)35-31-25-10-8-6-4-2/h36-47,50-51H,3-35,48-49,62-63H2,1-2H3. The van der Waals surface area contributed by atoms with Crippen molar-refractivity contribution in [1.29, 1.82) is 0 Å². The molecule has 0 saturated carbocycles. The van der Waals surface area contributed by atoms with Crippen molar-refractivity contribution < 1.29 is 0 Å². The maximum atomic E-state index is 5.94. The first-order chi connectivity index (χ1) is 31.0. The SMILES string of the molecule is CCCCCCCCc1cc(Cc2ccc(N)cc2)ccc1CCCCCCCCCCCCCCCCCCCc1ccc(Cc2ccc(N)cc2)cc1CCCCCCCC. The monoisotopic (exact) mass is 855 g/mol. The van der Waals surface area contributed by atoms with Crippen molar-refractivity contribution >= 4 is 11.4 Å². The van der Waals surface area contributed by atoms with Crippen LogP contribution < -0.4 is 11.5 Å². The van der Waals surface area contributed by atoms with Gasteiger partial charge < -0.3 is 11.5 Å². The van der Waals surface area contributed by atoms with E-state index in [1.807, 2.05) is 24.3 Å². The summed E-state index contributed by atoms with van der Waals surface area (Å²) < 4.78 is 0. The lowest BCUT2D eigenvalue weighted by atomic mass is 9.93. The number of benzene rings is 4. The van der Waals surface area contributed by atoms with Crippen LogP contribution in [-0.4, -0.2) is 0 Å². The third-order valence-electron chi connectivity index (χ3n) is 13.8. The summed E-state index contributed by atoms with van der Waals surface area (Å²) in [6.45, 7) is 4.62. The lowest BCUT2D eigenvalue weighted by Crippen LogP contribution is -1.99. The Morgan fingerprint density at radius 1 is 0.254 bits per heavy atom. The summed E-state index contributed by atoms with van der Waals surface area (Å²) >= 11 is 0. The number of hydrogen-bond donors (Lipinski definition) is 2. The van der Waals surface area contributed by atoms with Gasteiger partial charge in [-0.3, -0.25) is 0 Å². The van der Waals surface area contributed by atoms with Gasteiger partial charge in [0.05, 0.1) is 0 Å². The highest BCUT2D eigenvalue weighted by molar-refractivity contribution is 5.43. The van der Waals surface area contributed by atoms with Gasteiger partial charge in [0, 0.05) is 11.4 Å². The van der Waals surface area contributed by atoms with Gasteiger partial charge >= 0.3 is 0 Å². The van der Waals surface area contributed by atoms with E-state index in [-0.39, 0.29) is 0 Å². The first-order valence-corrected chi connectivity index (χ1v) is 26.9. The molecule has 4 aromatic rings. The summed E-state index contributed by atoms with van der Waals surface area (Å²) in [5, 5.41) is 0. The second-order valence-electron chi connectivity index (χ2n) is 19.6. The molecule has 0 aromatic heterocycles. The van der Waals surface area contributed by atoms with Crippen LogP contribution in [0.1, 0.15) is 245 Å². The quantitative estimate of drug-likeness (QED) is 0.0349. The Kier molecular flexibility index (Phi) is 28.1. The molecule has 0 fully saturated rings. The van der Waals surface area contributed by atoms with E-state index in [0.29, 0.717) is 0 Å². The fraction of sp³-hybridized carbons (Fsp3) is 0.607. The largest absolute Gasteiger partial charge is 0.399 e. The van der Waals surface area contributed by atoms with Gasteiger partial charge in [-0.25, -0.2) is 0 Å². The molecule has 348 valence electrons. The van der Waals surface area contributed by atoms with Gasteiger partial charge in [0.2, 0.25) is 0 Å². The molecule has 0 spiro atoms. The highest BCUT2D eigenvalue weighted by Crippen LogP contribution is 2.24. The number of nitrogen functional groups attached to an aromatic ring is 2. The van der Waals surface area contributed by atoms with Crippen molar-refractivity contribution in [1.82, 2.24) is 0 Å². The zero-order valence-corrected chi connectivity index (χ0v) is 41.0. The van der Waals surface area contributed by atoms with E-state index in [2.05, 4.69) is 74.5 Å². The van der Waals surface area contributed by atoms with Gasteiger partial charge in [-0.2, -0.15) is 0 Å². The summed E-state index contributed by atoms with van der Waals surface area (Å²) in [5.41, 5.74) is 25.6. The average molecular weight is 855 g/mol. The van der Waals surface area contributed by atoms with Crippen molar-refractivity contribution in [3.05, 3.63) is 129 Å². The Hall–Kier alpha value is -3.52. The van der Waals surface area contributed by atoms with Crippen LogP contribution >= 0.6 is 0 Å². The summed E-state index contributed by atoms with van der Waals surface area (Å²) in [4.78, 5) is 0. The van der Waals surface area contributed by atoms with Crippen LogP contribution in [0.15, 0.2) is 84.9 Å². The first kappa shape index (κ1) is 52.1. The van der Waals surface area contributed by atoms with Crippen LogP contribution in [0.25, 0.3) is 0 Å². The maximum Gasteiger partial charge on any atom is 0.0314 e. The molecule has 2 nitrogen and oxygen atoms in total. The number of hydrogen-bond acceptors (Lipinski definition) is 2. The van der Waals surface area contributed by atoms with Crippen LogP contribution in [0.4, 0.5) is 11.4 Å². The molecule has 0 amide bonds. The molecule has 0 saturated heterocycles. The molecule has 4 aromatic carbocycles. The Balaban J connectivity index is 0.991. The predicted octanol–water partition coefficient (Wildman–Crippen LogP) is 18.3. The highest BCUT2D eigenvalue weighted by Gasteiger charge is 2.09. The summed E-state index contributed by atoms with van der Waals surface area (Å²) in [7, 11) is 0. The van der Waals surface area contributed by atoms with Gasteiger partial charge in [0.15, 0.2) is 0 Å². The molecule has 0 bridgehead atoms. The fourth-order valence-corrected chi connectivity index (χ4v) is 9.75. The lowest BCUT2D eigenvalue weighted by Gasteiger charge is -2.13. The molecular weight excluding hydrogens is 761 g/mol. The Labute approximate surface area is 389 Å². The van der Waals surface area contributed by atoms with E-state index >= 15 is 0 Å². The summed E-state index contributed by atoms with van der Waals surface area (Å²) in [6, 6.07) is 31.6. The third-order valence-corrected chi connectivity index (χ3v) is 13.8. The van der Waals surface area contributed by atoms with Gasteiger partial charge in [0.1, 0.15) is 0 Å². The van der Waals surface area contributed by atoms with Crippen molar-refractivity contribution in [3.8, 4) is 0 Å². The Bertz CT molecular complexity index is 1580. The number of anilines is 2. The second kappa shape index (κ2) is 33.9. The molecule has 0 aliphatic rings. The molecule has 0 aliphatic carbocycles. The summed E-state index contributed by atoms with van der Waals surface area (Å²) in [5.74, 6) is 0. The van der Waals surface area contributed by atoms with Crippen LogP contribution in [0.3, 0.4) is 0 Å². The van der Waals surface area contributed by atoms with E-state index in [0.717, 1.165) is 24.2 Å². The Morgan fingerprint density at radius 2 is 0.492 bits per heavy atom. The van der Waals surface area contributed by atoms with Crippen molar-refractivity contribution in [2.45, 2.75) is 239 Å². The normalized spacial score (nSPS) is 11.5. The number of rotatable bonds is 38. The summed E-state index contributed by atoms with van der Waals surface area (Å²) in [6.07, 6.45) is 47.4. The molecule has 2 heteroatoms. The molecule has 4 N–H and O–H groups in total. The highest BCUT2D eigenvalue weighted by atomic mass is 14.5. The van der Waals surface area contributed by atoms with Crippen molar-refractivity contribution in [2.75, 3.05) is 11.5 Å². The van der Waals surface area contributed by atoms with Gasteiger partial charge in [0.25, 0.3) is 0 Å². The lowest BCUT2D eigenvalue weighted by molar-refractivity contribution is 0.525. The first-order valence-electron chi connectivity index (χ1n) is 26.9. The van der Waals surface area contributed by atoms with E-state index < -0.39 is 0 Å². The molecule has 63 heavy (non-hydrogen) atoms. The molecular formula is C61H94N2. The van der Waals surface area contributed by atoms with Crippen LogP contribution in [-0.2, 0) is 38.5 Å². The fourth-order valence-electron chi connectivity index (χ4n) is 9.75. The predicted molar refractivity (Wildman–Crippen MR) is 280 cm³/mol. The van der Waals surface area contributed by atoms with E-state index in [9.17, 15) is 0 Å². The molecule has 0 unspecified atom stereocenters. The van der Waals surface area contributed by atoms with Crippen LogP contribution in [0.5, 0.6) is 0 Å². The van der Waals surface area contributed by atoms with E-state index in [1.54, 1.807) is 22.3 Å². The number of unbranched alkanes of at least 4 members (excludes halogenated alkanes) is 26. The molecule has 4 rings (SSSR count). The van der Waals surface area contributed by atoms with E-state index in [1.165, 1.54) is 234 Å². The maximum absolute atomic E-state index is 5.94. The van der Waals surface area contributed by atoms with Crippen LogP contribution in [0, 0.1) is 0 Å². The minimum absolute atomic E-state index is 0.847. The number of aryl methyl sites for hydroxylation is 4. The zero-order chi connectivity index (χ0) is 44.4.